The van der Waals surface area contributed by atoms with Gasteiger partial charge in [0.05, 0.1) is 1.37 Å². The maximum atomic E-state index is 7.99. The summed E-state index contributed by atoms with van der Waals surface area (Å²) >= 11 is 0. The fourth-order valence-electron chi connectivity index (χ4n) is 1.58. The predicted octanol–water partition coefficient (Wildman–Crippen LogP) is 2.60. The first-order valence-electron chi connectivity index (χ1n) is 6.01. The van der Waals surface area contributed by atoms with E-state index in [-0.39, 0.29) is 6.17 Å². The Bertz CT molecular complexity index is 686. The molecule has 0 saturated carbocycles. The predicted molar refractivity (Wildman–Crippen MR) is 68.5 cm³/mol. The molecule has 0 aliphatic rings. The Morgan fingerprint density at radius 3 is 2.17 bits per heavy atom. The molecule has 86 valence electrons. The van der Waals surface area contributed by atoms with Gasteiger partial charge in [0.2, 0.25) is 0 Å². The van der Waals surface area contributed by atoms with Gasteiger partial charge in [0.15, 0.2) is 11.6 Å². The maximum Gasteiger partial charge on any atom is 0.197 e. The van der Waals surface area contributed by atoms with Crippen LogP contribution >= 0.6 is 0 Å². The lowest BCUT2D eigenvalue weighted by atomic mass is 10.1. The summed E-state index contributed by atoms with van der Waals surface area (Å²) in [6.45, 7) is 0. The van der Waals surface area contributed by atoms with Gasteiger partial charge in [-0.2, -0.15) is 0 Å². The second-order valence-electron chi connectivity index (χ2n) is 3.66. The highest BCUT2D eigenvalue weighted by Gasteiger charge is 2.04. The molecule has 0 N–H and O–H groups in total. The van der Waals surface area contributed by atoms with Crippen LogP contribution in [-0.2, 0) is 0 Å². The summed E-state index contributed by atoms with van der Waals surface area (Å²) in [5, 5.41) is 0. The Morgan fingerprint density at radius 2 is 1.44 bits per heavy atom. The molecule has 0 spiro atoms. The van der Waals surface area contributed by atoms with Gasteiger partial charge in [-0.1, -0.05) is 30.3 Å². The Morgan fingerprint density at radius 1 is 0.722 bits per heavy atom. The summed E-state index contributed by atoms with van der Waals surface area (Å²) in [6.07, 6.45) is 5.06. The zero-order valence-corrected chi connectivity index (χ0v) is 9.49. The van der Waals surface area contributed by atoms with Crippen molar-refractivity contribution in [1.29, 1.82) is 0 Å². The van der Waals surface area contributed by atoms with Crippen LogP contribution in [0.5, 0.6) is 0 Å². The van der Waals surface area contributed by atoms with Crippen LogP contribution < -0.4 is 0 Å². The third-order valence-electron chi connectivity index (χ3n) is 2.45. The van der Waals surface area contributed by atoms with E-state index in [2.05, 4.69) is 19.9 Å². The monoisotopic (exact) mass is 235 g/mol. The highest BCUT2D eigenvalue weighted by atomic mass is 15.0. The molecule has 0 bridgehead atoms. The molecule has 0 radical (unpaired) electrons. The largest absolute Gasteiger partial charge is 0.234 e. The molecule has 0 atom stereocenters. The van der Waals surface area contributed by atoms with Gasteiger partial charge in [-0.25, -0.2) is 19.9 Å². The van der Waals surface area contributed by atoms with Gasteiger partial charge < -0.3 is 0 Å². The Kier molecular flexibility index (Phi) is 2.46. The molecule has 2 heterocycles. The van der Waals surface area contributed by atoms with Gasteiger partial charge in [0, 0.05) is 30.3 Å². The molecule has 0 aliphatic carbocycles. The van der Waals surface area contributed by atoms with E-state index in [1.807, 2.05) is 30.3 Å². The van der Waals surface area contributed by atoms with Gasteiger partial charge >= 0.3 is 0 Å². The molecule has 4 heteroatoms. The summed E-state index contributed by atoms with van der Waals surface area (Å²) in [5.41, 5.74) is 1.62. The van der Waals surface area contributed by atoms with Crippen molar-refractivity contribution in [2.45, 2.75) is 0 Å². The Labute approximate surface area is 106 Å². The molecule has 3 rings (SSSR count). The SMILES string of the molecule is [2H]c1nc(-c2ncccn2)ncc1-c1ccccc1. The lowest BCUT2D eigenvalue weighted by Gasteiger charge is -2.01. The lowest BCUT2D eigenvalue weighted by Crippen LogP contribution is -1.94. The normalized spacial score (nSPS) is 11.0. The minimum atomic E-state index is 0.170. The molecular formula is C14H10N4. The van der Waals surface area contributed by atoms with E-state index in [9.17, 15) is 0 Å². The molecule has 0 unspecified atom stereocenters. The summed E-state index contributed by atoms with van der Waals surface area (Å²) in [5.74, 6) is 0.792. The molecule has 18 heavy (non-hydrogen) atoms. The van der Waals surface area contributed by atoms with Crippen LogP contribution in [-0.4, -0.2) is 19.9 Å². The van der Waals surface area contributed by atoms with Crippen molar-refractivity contribution in [3.63, 3.8) is 0 Å². The fraction of sp³-hybridized carbons (Fsp3) is 0. The van der Waals surface area contributed by atoms with Crippen molar-refractivity contribution in [2.75, 3.05) is 0 Å². The molecule has 1 aromatic carbocycles. The van der Waals surface area contributed by atoms with Crippen molar-refractivity contribution >= 4 is 0 Å². The van der Waals surface area contributed by atoms with Gasteiger partial charge in [-0.15, -0.1) is 0 Å². The van der Waals surface area contributed by atoms with Crippen LogP contribution in [0.25, 0.3) is 22.8 Å². The van der Waals surface area contributed by atoms with E-state index in [4.69, 9.17) is 1.37 Å². The van der Waals surface area contributed by atoms with Crippen LogP contribution in [0.4, 0.5) is 0 Å². The summed E-state index contributed by atoms with van der Waals surface area (Å²) in [7, 11) is 0. The molecule has 3 aromatic rings. The molecular weight excluding hydrogens is 224 g/mol. The van der Waals surface area contributed by atoms with Crippen molar-refractivity contribution in [3.05, 3.63) is 61.2 Å². The number of nitrogens with zero attached hydrogens (tertiary/aromatic N) is 4. The fourth-order valence-corrected chi connectivity index (χ4v) is 1.58. The average Bonchev–Trinajstić information content (AvgIpc) is 2.49. The van der Waals surface area contributed by atoms with Crippen LogP contribution in [0.1, 0.15) is 1.37 Å². The van der Waals surface area contributed by atoms with Crippen LogP contribution in [0.2, 0.25) is 0 Å². The molecule has 0 saturated heterocycles. The van der Waals surface area contributed by atoms with Crippen molar-refractivity contribution in [2.24, 2.45) is 0 Å². The maximum absolute atomic E-state index is 7.99. The first-order chi connectivity index (χ1) is 9.34. The van der Waals surface area contributed by atoms with E-state index in [0.29, 0.717) is 17.2 Å². The third-order valence-corrected chi connectivity index (χ3v) is 2.45. The van der Waals surface area contributed by atoms with Gasteiger partial charge in [-0.3, -0.25) is 0 Å². The van der Waals surface area contributed by atoms with Crippen molar-refractivity contribution in [1.82, 2.24) is 19.9 Å². The molecule has 0 amide bonds. The third kappa shape index (κ3) is 2.08. The number of benzene rings is 1. The Hall–Kier alpha value is -2.62. The first kappa shape index (κ1) is 9.41. The van der Waals surface area contributed by atoms with Crippen molar-refractivity contribution < 1.29 is 1.37 Å². The first-order valence-corrected chi connectivity index (χ1v) is 5.51. The van der Waals surface area contributed by atoms with E-state index >= 15 is 0 Å². The Balaban J connectivity index is 2.04. The number of hydrogen-bond acceptors (Lipinski definition) is 4. The molecule has 4 nitrogen and oxygen atoms in total. The summed E-state index contributed by atoms with van der Waals surface area (Å²) in [6, 6.07) is 11.3. The highest BCUT2D eigenvalue weighted by Crippen LogP contribution is 2.17. The topological polar surface area (TPSA) is 51.6 Å². The van der Waals surface area contributed by atoms with E-state index in [1.54, 1.807) is 24.7 Å². The molecule has 0 fully saturated rings. The second-order valence-corrected chi connectivity index (χ2v) is 3.66. The van der Waals surface area contributed by atoms with E-state index in [0.717, 1.165) is 5.56 Å². The summed E-state index contributed by atoms with van der Waals surface area (Å²) in [4.78, 5) is 16.5. The van der Waals surface area contributed by atoms with E-state index in [1.165, 1.54) is 0 Å². The van der Waals surface area contributed by atoms with Crippen LogP contribution in [0.15, 0.2) is 61.2 Å². The summed E-state index contributed by atoms with van der Waals surface area (Å²) < 4.78 is 7.99. The second kappa shape index (κ2) is 4.71. The molecule has 0 aliphatic heterocycles. The lowest BCUT2D eigenvalue weighted by molar-refractivity contribution is 1.08. The zero-order valence-electron chi connectivity index (χ0n) is 10.5. The number of aromatic nitrogens is 4. The number of hydrogen-bond donors (Lipinski definition) is 0. The van der Waals surface area contributed by atoms with Gasteiger partial charge in [-0.05, 0) is 11.6 Å². The minimum Gasteiger partial charge on any atom is -0.234 e. The van der Waals surface area contributed by atoms with Gasteiger partial charge in [0.25, 0.3) is 0 Å². The van der Waals surface area contributed by atoms with Crippen LogP contribution in [0, 0.1) is 0 Å². The average molecular weight is 235 g/mol. The van der Waals surface area contributed by atoms with Crippen molar-refractivity contribution in [3.8, 4) is 22.8 Å². The highest BCUT2D eigenvalue weighted by molar-refractivity contribution is 5.62. The number of rotatable bonds is 2. The quantitative estimate of drug-likeness (QED) is 0.685. The minimum absolute atomic E-state index is 0.170. The molecule has 2 aromatic heterocycles. The smallest absolute Gasteiger partial charge is 0.197 e. The zero-order chi connectivity index (χ0) is 13.1. The standard InChI is InChI=1S/C14H10N4/c1-2-5-11(6-3-1)12-9-17-14(18-10-12)13-15-7-4-8-16-13/h1-10H/i9D. The van der Waals surface area contributed by atoms with Gasteiger partial charge in [0.1, 0.15) is 0 Å². The van der Waals surface area contributed by atoms with E-state index < -0.39 is 0 Å². The van der Waals surface area contributed by atoms with Crippen LogP contribution in [0.3, 0.4) is 0 Å².